The van der Waals surface area contributed by atoms with Crippen LogP contribution in [0.15, 0.2) is 60.7 Å². The summed E-state index contributed by atoms with van der Waals surface area (Å²) >= 11 is 0. The molecule has 136 valence electrons. The average molecular weight is 358 g/mol. The minimum atomic E-state index is -0.189. The van der Waals surface area contributed by atoms with Crippen LogP contribution in [0.25, 0.3) is 0 Å². The molecule has 4 rings (SSSR count). The van der Waals surface area contributed by atoms with Gasteiger partial charge in [-0.1, -0.05) is 48.5 Å². The van der Waals surface area contributed by atoms with E-state index in [0.717, 1.165) is 23.5 Å². The minimum Gasteiger partial charge on any atom is -0.347 e. The predicted molar refractivity (Wildman–Crippen MR) is 106 cm³/mol. The summed E-state index contributed by atoms with van der Waals surface area (Å²) in [6, 6.07) is 20.3. The van der Waals surface area contributed by atoms with Crippen molar-refractivity contribution in [3.05, 3.63) is 83.3 Å². The van der Waals surface area contributed by atoms with Crippen molar-refractivity contribution in [2.45, 2.75) is 32.9 Å². The summed E-state index contributed by atoms with van der Waals surface area (Å²) in [5.41, 5.74) is 3.90. The van der Waals surface area contributed by atoms with Gasteiger partial charge in [0.25, 0.3) is 5.91 Å². The molecule has 27 heavy (non-hydrogen) atoms. The number of hydrogen-bond donors (Lipinski definition) is 1. The van der Waals surface area contributed by atoms with Crippen LogP contribution in [0.4, 0.5) is 11.5 Å². The van der Waals surface area contributed by atoms with Gasteiger partial charge in [-0.3, -0.25) is 4.79 Å². The number of para-hydroxylation sites is 1. The third kappa shape index (κ3) is 3.53. The molecule has 1 aromatic heterocycles. The zero-order valence-electron chi connectivity index (χ0n) is 15.5. The third-order valence-corrected chi connectivity index (χ3v) is 4.81. The van der Waals surface area contributed by atoms with Crippen LogP contribution in [-0.4, -0.2) is 21.9 Å². The van der Waals surface area contributed by atoms with E-state index < -0.39 is 0 Å². The highest BCUT2D eigenvalue weighted by atomic mass is 16.1. The average Bonchev–Trinajstić information content (AvgIpc) is 3.02. The summed E-state index contributed by atoms with van der Waals surface area (Å²) in [5.74, 6) is 1.17. The number of carbonyl (C=O) groups is 1. The van der Waals surface area contributed by atoms with Gasteiger partial charge in [-0.15, -0.1) is 0 Å². The van der Waals surface area contributed by atoms with E-state index in [0.29, 0.717) is 18.1 Å². The lowest BCUT2D eigenvalue weighted by Crippen LogP contribution is -2.28. The molecule has 5 nitrogen and oxygen atoms in total. The fourth-order valence-electron chi connectivity index (χ4n) is 3.58. The second-order valence-electron chi connectivity index (χ2n) is 6.88. The van der Waals surface area contributed by atoms with E-state index in [2.05, 4.69) is 45.3 Å². The zero-order chi connectivity index (χ0) is 18.8. The molecule has 1 amide bonds. The maximum Gasteiger partial charge on any atom is 0.270 e. The predicted octanol–water partition coefficient (Wildman–Crippen LogP) is 3.80. The molecule has 1 N–H and O–H groups in total. The summed E-state index contributed by atoms with van der Waals surface area (Å²) in [6.45, 7) is 4.47. The number of aromatic nitrogens is 2. The lowest BCUT2D eigenvalue weighted by Gasteiger charge is -2.24. The van der Waals surface area contributed by atoms with Crippen LogP contribution in [0, 0.1) is 6.92 Å². The molecule has 0 radical (unpaired) electrons. The van der Waals surface area contributed by atoms with Crippen LogP contribution in [0.1, 0.15) is 34.4 Å². The molecule has 1 atom stereocenters. The van der Waals surface area contributed by atoms with Crippen molar-refractivity contribution >= 4 is 17.4 Å². The summed E-state index contributed by atoms with van der Waals surface area (Å²) < 4.78 is 0. The molecular weight excluding hydrogens is 336 g/mol. The Morgan fingerprint density at radius 3 is 2.67 bits per heavy atom. The van der Waals surface area contributed by atoms with Crippen LogP contribution in [0.2, 0.25) is 0 Å². The standard InChI is InChI=1S/C22H22N4O/c1-15-12-18-10-6-7-11-20(18)26(15)21-13-19(24-16(2)25-21)22(27)23-14-17-8-4-3-5-9-17/h3-11,13,15H,12,14H2,1-2H3,(H,23,27). The maximum absolute atomic E-state index is 12.6. The molecule has 0 spiro atoms. The van der Waals surface area contributed by atoms with Crippen LogP contribution in [-0.2, 0) is 13.0 Å². The van der Waals surface area contributed by atoms with Crippen molar-refractivity contribution < 1.29 is 4.79 Å². The Morgan fingerprint density at radius 1 is 1.11 bits per heavy atom. The molecule has 0 aliphatic carbocycles. The molecule has 0 saturated heterocycles. The van der Waals surface area contributed by atoms with Crippen molar-refractivity contribution in [3.63, 3.8) is 0 Å². The number of aryl methyl sites for hydroxylation is 1. The maximum atomic E-state index is 12.6. The molecule has 0 saturated carbocycles. The first kappa shape index (κ1) is 17.2. The molecule has 0 fully saturated rings. The fourth-order valence-corrected chi connectivity index (χ4v) is 3.58. The Hall–Kier alpha value is -3.21. The van der Waals surface area contributed by atoms with Crippen LogP contribution >= 0.6 is 0 Å². The van der Waals surface area contributed by atoms with Crippen molar-refractivity contribution in [2.75, 3.05) is 4.90 Å². The number of rotatable bonds is 4. The van der Waals surface area contributed by atoms with Gasteiger partial charge in [0.05, 0.1) is 0 Å². The quantitative estimate of drug-likeness (QED) is 0.771. The molecular formula is C22H22N4O. The lowest BCUT2D eigenvalue weighted by molar-refractivity contribution is 0.0945. The van der Waals surface area contributed by atoms with E-state index in [4.69, 9.17) is 0 Å². The van der Waals surface area contributed by atoms with Gasteiger partial charge in [0.1, 0.15) is 17.3 Å². The van der Waals surface area contributed by atoms with E-state index in [1.807, 2.05) is 43.3 Å². The van der Waals surface area contributed by atoms with Gasteiger partial charge in [-0.2, -0.15) is 0 Å². The van der Waals surface area contributed by atoms with Gasteiger partial charge in [0.2, 0.25) is 0 Å². The smallest absolute Gasteiger partial charge is 0.270 e. The van der Waals surface area contributed by atoms with E-state index in [1.54, 1.807) is 6.07 Å². The minimum absolute atomic E-state index is 0.189. The number of carbonyl (C=O) groups excluding carboxylic acids is 1. The van der Waals surface area contributed by atoms with E-state index in [1.165, 1.54) is 5.56 Å². The second-order valence-corrected chi connectivity index (χ2v) is 6.88. The zero-order valence-corrected chi connectivity index (χ0v) is 15.5. The van der Waals surface area contributed by atoms with E-state index in [9.17, 15) is 4.79 Å². The number of fused-ring (bicyclic) bond motifs is 1. The Balaban J connectivity index is 1.59. The lowest BCUT2D eigenvalue weighted by atomic mass is 10.1. The van der Waals surface area contributed by atoms with Gasteiger partial charge in [0.15, 0.2) is 0 Å². The third-order valence-electron chi connectivity index (χ3n) is 4.81. The molecule has 1 aliphatic rings. The van der Waals surface area contributed by atoms with Gasteiger partial charge in [-0.05, 0) is 37.5 Å². The van der Waals surface area contributed by atoms with E-state index in [-0.39, 0.29) is 11.9 Å². The Labute approximate surface area is 159 Å². The summed E-state index contributed by atoms with van der Waals surface area (Å²) in [4.78, 5) is 23.8. The molecule has 0 bridgehead atoms. The van der Waals surface area contributed by atoms with Crippen LogP contribution in [0.3, 0.4) is 0 Å². The Kier molecular flexibility index (Phi) is 4.59. The Morgan fingerprint density at radius 2 is 1.85 bits per heavy atom. The van der Waals surface area contributed by atoms with Gasteiger partial charge < -0.3 is 10.2 Å². The van der Waals surface area contributed by atoms with Crippen LogP contribution in [0.5, 0.6) is 0 Å². The van der Waals surface area contributed by atoms with E-state index >= 15 is 0 Å². The molecule has 1 unspecified atom stereocenters. The molecule has 2 heterocycles. The largest absolute Gasteiger partial charge is 0.347 e. The number of nitrogens with one attached hydrogen (secondary N) is 1. The first-order chi connectivity index (χ1) is 13.1. The topological polar surface area (TPSA) is 58.1 Å². The van der Waals surface area contributed by atoms with Crippen LogP contribution < -0.4 is 10.2 Å². The highest BCUT2D eigenvalue weighted by molar-refractivity contribution is 5.93. The van der Waals surface area contributed by atoms with Gasteiger partial charge >= 0.3 is 0 Å². The van der Waals surface area contributed by atoms with Crippen molar-refractivity contribution in [1.29, 1.82) is 0 Å². The first-order valence-corrected chi connectivity index (χ1v) is 9.17. The number of anilines is 2. The van der Waals surface area contributed by atoms with Gasteiger partial charge in [0, 0.05) is 24.3 Å². The monoisotopic (exact) mass is 358 g/mol. The number of amides is 1. The van der Waals surface area contributed by atoms with Crippen molar-refractivity contribution in [1.82, 2.24) is 15.3 Å². The summed E-state index contributed by atoms with van der Waals surface area (Å²) in [5, 5.41) is 2.94. The van der Waals surface area contributed by atoms with Crippen molar-refractivity contribution in [2.24, 2.45) is 0 Å². The molecule has 2 aromatic carbocycles. The summed E-state index contributed by atoms with van der Waals surface area (Å²) in [7, 11) is 0. The Bertz CT molecular complexity index is 971. The second kappa shape index (κ2) is 7.19. The number of nitrogens with zero attached hydrogens (tertiary/aromatic N) is 3. The van der Waals surface area contributed by atoms with Crippen molar-refractivity contribution in [3.8, 4) is 0 Å². The highest BCUT2D eigenvalue weighted by Crippen LogP contribution is 2.37. The first-order valence-electron chi connectivity index (χ1n) is 9.17. The normalized spacial score (nSPS) is 15.5. The summed E-state index contributed by atoms with van der Waals surface area (Å²) in [6.07, 6.45) is 0.967. The fraction of sp³-hybridized carbons (Fsp3) is 0.227. The highest BCUT2D eigenvalue weighted by Gasteiger charge is 2.28. The molecule has 1 aliphatic heterocycles. The number of hydrogen-bond acceptors (Lipinski definition) is 4. The molecule has 3 aromatic rings. The van der Waals surface area contributed by atoms with Gasteiger partial charge in [-0.25, -0.2) is 9.97 Å². The SMILES string of the molecule is Cc1nc(C(=O)NCc2ccccc2)cc(N2c3ccccc3CC2C)n1. The molecule has 5 heteroatoms. The number of benzene rings is 2.